The zero-order valence-corrected chi connectivity index (χ0v) is 14.2. The van der Waals surface area contributed by atoms with Gasteiger partial charge in [0.05, 0.1) is 12.2 Å². The number of nitrogens with zero attached hydrogens (tertiary/aromatic N) is 4. The number of nitrogens with two attached hydrogens (primary N) is 1. The Labute approximate surface area is 140 Å². The molecule has 3 N–H and O–H groups in total. The average molecular weight is 379 g/mol. The Morgan fingerprint density at radius 2 is 2.30 bits per heavy atom. The molecule has 0 fully saturated rings. The molecule has 1 aliphatic heterocycles. The quantitative estimate of drug-likeness (QED) is 0.836. The van der Waals surface area contributed by atoms with E-state index in [2.05, 4.69) is 36.8 Å². The van der Waals surface area contributed by atoms with Crippen LogP contribution in [0.4, 0.5) is 5.95 Å². The molecule has 0 aliphatic carbocycles. The molecule has 2 aromatic rings. The second-order valence-corrected chi connectivity index (χ2v) is 5.91. The highest BCUT2D eigenvalue weighted by molar-refractivity contribution is 9.10. The standard InChI is InChI=1S/C14H15BrN6O2/c1-3-23-10-5-4-8(15)6-9(10)12-11(13(16)22)7(2)17-14-18-19-20-21(12)14/h4-6,12H,3H2,1-2H3,(H2,16,22)(H,17,18,20)/t12-/m0/s1. The Bertz CT molecular complexity index is 800. The van der Waals surface area contributed by atoms with Crippen LogP contribution in [-0.4, -0.2) is 32.7 Å². The molecular formula is C14H15BrN6O2. The topological polar surface area (TPSA) is 108 Å². The average Bonchev–Trinajstić information content (AvgIpc) is 2.95. The second-order valence-electron chi connectivity index (χ2n) is 4.99. The summed E-state index contributed by atoms with van der Waals surface area (Å²) < 4.78 is 8.08. The number of anilines is 1. The third-order valence-corrected chi connectivity index (χ3v) is 4.04. The highest BCUT2D eigenvalue weighted by Crippen LogP contribution is 2.39. The van der Waals surface area contributed by atoms with Crippen molar-refractivity contribution in [1.29, 1.82) is 0 Å². The molecule has 9 heteroatoms. The molecule has 0 saturated carbocycles. The van der Waals surface area contributed by atoms with E-state index in [4.69, 9.17) is 10.5 Å². The number of amides is 1. The summed E-state index contributed by atoms with van der Waals surface area (Å²) in [6, 6.07) is 5.03. The zero-order chi connectivity index (χ0) is 16.6. The van der Waals surface area contributed by atoms with Crippen LogP contribution in [0.1, 0.15) is 25.5 Å². The summed E-state index contributed by atoms with van der Waals surface area (Å²) in [5, 5.41) is 14.6. The number of carbonyl (C=O) groups is 1. The van der Waals surface area contributed by atoms with Gasteiger partial charge in [-0.3, -0.25) is 4.79 Å². The molecule has 1 amide bonds. The normalized spacial score (nSPS) is 16.7. The molecule has 3 rings (SSSR count). The number of hydrogen-bond donors (Lipinski definition) is 2. The highest BCUT2D eigenvalue weighted by atomic mass is 79.9. The highest BCUT2D eigenvalue weighted by Gasteiger charge is 2.34. The van der Waals surface area contributed by atoms with E-state index < -0.39 is 11.9 Å². The number of rotatable bonds is 4. The van der Waals surface area contributed by atoms with Crippen molar-refractivity contribution < 1.29 is 9.53 Å². The smallest absolute Gasteiger partial charge is 0.248 e. The monoisotopic (exact) mass is 378 g/mol. The number of nitrogens with one attached hydrogen (secondary N) is 1. The SMILES string of the molecule is CCOc1ccc(Br)cc1[C@H]1C(C(N)=O)=C(C)Nc2nnnn21. The molecule has 0 unspecified atom stereocenters. The third-order valence-electron chi connectivity index (χ3n) is 3.55. The van der Waals surface area contributed by atoms with Crippen molar-refractivity contribution in [1.82, 2.24) is 20.2 Å². The Kier molecular flexibility index (Phi) is 4.03. The van der Waals surface area contributed by atoms with Crippen LogP contribution in [-0.2, 0) is 4.79 Å². The van der Waals surface area contributed by atoms with Gasteiger partial charge >= 0.3 is 0 Å². The van der Waals surface area contributed by atoms with Gasteiger partial charge in [-0.05, 0) is 42.5 Å². The van der Waals surface area contributed by atoms with Crippen LogP contribution in [0.25, 0.3) is 0 Å². The minimum absolute atomic E-state index is 0.392. The largest absolute Gasteiger partial charge is 0.494 e. The summed E-state index contributed by atoms with van der Waals surface area (Å²) in [4.78, 5) is 12.0. The number of allylic oxidation sites excluding steroid dienone is 1. The van der Waals surface area contributed by atoms with Crippen molar-refractivity contribution in [3.05, 3.63) is 39.5 Å². The maximum absolute atomic E-state index is 12.0. The number of halogens is 1. The first-order valence-corrected chi connectivity index (χ1v) is 7.80. The summed E-state index contributed by atoms with van der Waals surface area (Å²) in [7, 11) is 0. The van der Waals surface area contributed by atoms with E-state index in [1.54, 1.807) is 6.92 Å². The molecule has 0 spiro atoms. The molecule has 0 radical (unpaired) electrons. The number of fused-ring (bicyclic) bond motifs is 1. The predicted octanol–water partition coefficient (Wildman–Crippen LogP) is 1.61. The van der Waals surface area contributed by atoms with Gasteiger partial charge in [0.1, 0.15) is 11.8 Å². The van der Waals surface area contributed by atoms with Gasteiger partial charge in [-0.15, -0.1) is 0 Å². The van der Waals surface area contributed by atoms with Crippen molar-refractivity contribution >= 4 is 27.8 Å². The van der Waals surface area contributed by atoms with E-state index in [9.17, 15) is 4.79 Å². The van der Waals surface area contributed by atoms with Crippen molar-refractivity contribution in [3.63, 3.8) is 0 Å². The van der Waals surface area contributed by atoms with Crippen LogP contribution in [0.2, 0.25) is 0 Å². The van der Waals surface area contributed by atoms with Crippen molar-refractivity contribution in [2.75, 3.05) is 11.9 Å². The van der Waals surface area contributed by atoms with Gasteiger partial charge in [0.25, 0.3) is 0 Å². The van der Waals surface area contributed by atoms with Crippen LogP contribution in [0.5, 0.6) is 5.75 Å². The number of carbonyl (C=O) groups excluding carboxylic acids is 1. The molecule has 1 aromatic heterocycles. The lowest BCUT2D eigenvalue weighted by atomic mass is 9.94. The Balaban J connectivity index is 2.24. The van der Waals surface area contributed by atoms with Gasteiger partial charge in [0.15, 0.2) is 0 Å². The van der Waals surface area contributed by atoms with Crippen LogP contribution < -0.4 is 15.8 Å². The number of ether oxygens (including phenoxy) is 1. The van der Waals surface area contributed by atoms with Crippen LogP contribution in [0.15, 0.2) is 33.9 Å². The molecule has 8 nitrogen and oxygen atoms in total. The van der Waals surface area contributed by atoms with Gasteiger partial charge in [-0.25, -0.2) is 0 Å². The predicted molar refractivity (Wildman–Crippen MR) is 86.8 cm³/mol. The first-order valence-electron chi connectivity index (χ1n) is 7.00. The molecule has 0 saturated heterocycles. The maximum atomic E-state index is 12.0. The molecule has 23 heavy (non-hydrogen) atoms. The van der Waals surface area contributed by atoms with Crippen LogP contribution in [0.3, 0.4) is 0 Å². The molecule has 120 valence electrons. The first-order chi connectivity index (χ1) is 11.0. The summed E-state index contributed by atoms with van der Waals surface area (Å²) in [5.41, 5.74) is 7.37. The Hall–Kier alpha value is -2.42. The Morgan fingerprint density at radius 1 is 1.52 bits per heavy atom. The van der Waals surface area contributed by atoms with E-state index in [0.29, 0.717) is 29.6 Å². The second kappa shape index (κ2) is 5.99. The van der Waals surface area contributed by atoms with Crippen molar-refractivity contribution in [2.24, 2.45) is 5.73 Å². The summed E-state index contributed by atoms with van der Waals surface area (Å²) >= 11 is 3.45. The van der Waals surface area contributed by atoms with Gasteiger partial charge in [0.2, 0.25) is 11.9 Å². The van der Waals surface area contributed by atoms with E-state index in [0.717, 1.165) is 10.0 Å². The number of tetrazole rings is 1. The number of primary amides is 1. The van der Waals surface area contributed by atoms with Crippen LogP contribution >= 0.6 is 15.9 Å². The first kappa shape index (κ1) is 15.5. The fourth-order valence-electron chi connectivity index (χ4n) is 2.64. The number of hydrogen-bond acceptors (Lipinski definition) is 6. The van der Waals surface area contributed by atoms with Crippen molar-refractivity contribution in [2.45, 2.75) is 19.9 Å². The molecule has 1 aromatic carbocycles. The number of benzene rings is 1. The zero-order valence-electron chi connectivity index (χ0n) is 12.6. The summed E-state index contributed by atoms with van der Waals surface area (Å²) in [6.45, 7) is 4.16. The fraction of sp³-hybridized carbons (Fsp3) is 0.286. The van der Waals surface area contributed by atoms with E-state index >= 15 is 0 Å². The van der Waals surface area contributed by atoms with E-state index in [1.165, 1.54) is 4.68 Å². The van der Waals surface area contributed by atoms with E-state index in [1.807, 2.05) is 25.1 Å². The Morgan fingerprint density at radius 3 is 3.00 bits per heavy atom. The minimum Gasteiger partial charge on any atom is -0.494 e. The van der Waals surface area contributed by atoms with Crippen molar-refractivity contribution in [3.8, 4) is 5.75 Å². The van der Waals surface area contributed by atoms with Gasteiger partial charge in [-0.2, -0.15) is 4.68 Å². The molecule has 1 aliphatic rings. The summed E-state index contributed by atoms with van der Waals surface area (Å²) in [5.74, 6) is 0.555. The lowest BCUT2D eigenvalue weighted by Gasteiger charge is -2.28. The number of aromatic nitrogens is 4. The summed E-state index contributed by atoms with van der Waals surface area (Å²) in [6.07, 6.45) is 0. The minimum atomic E-state index is -0.558. The fourth-order valence-corrected chi connectivity index (χ4v) is 3.02. The van der Waals surface area contributed by atoms with Gasteiger partial charge in [-0.1, -0.05) is 21.0 Å². The molecule has 2 heterocycles. The third kappa shape index (κ3) is 2.67. The molecular weight excluding hydrogens is 364 g/mol. The lowest BCUT2D eigenvalue weighted by Crippen LogP contribution is -2.32. The molecule has 1 atom stereocenters. The lowest BCUT2D eigenvalue weighted by molar-refractivity contribution is -0.115. The maximum Gasteiger partial charge on any atom is 0.248 e. The van der Waals surface area contributed by atoms with Gasteiger partial charge in [0, 0.05) is 15.7 Å². The van der Waals surface area contributed by atoms with Gasteiger partial charge < -0.3 is 15.8 Å². The van der Waals surface area contributed by atoms with Crippen LogP contribution in [0, 0.1) is 0 Å². The van der Waals surface area contributed by atoms with E-state index in [-0.39, 0.29) is 0 Å². The molecule has 0 bridgehead atoms.